The molecule has 0 amide bonds. The van der Waals surface area contributed by atoms with Crippen molar-refractivity contribution in [1.29, 1.82) is 0 Å². The molecule has 3 atom stereocenters. The second-order valence-electron chi connectivity index (χ2n) is 7.70. The third kappa shape index (κ3) is 3.00. The van der Waals surface area contributed by atoms with Crippen molar-refractivity contribution in [3.8, 4) is 0 Å². The fraction of sp³-hybridized carbons (Fsp3) is 1.00. The summed E-state index contributed by atoms with van der Waals surface area (Å²) >= 11 is 0. The van der Waals surface area contributed by atoms with Gasteiger partial charge >= 0.3 is 0 Å². The van der Waals surface area contributed by atoms with Crippen molar-refractivity contribution in [1.82, 2.24) is 10.2 Å². The summed E-state index contributed by atoms with van der Waals surface area (Å²) in [5.74, 6) is 0.682. The fourth-order valence-corrected chi connectivity index (χ4v) is 4.87. The van der Waals surface area contributed by atoms with Gasteiger partial charge in [0.25, 0.3) is 0 Å². The molecule has 0 aliphatic carbocycles. The molecule has 3 unspecified atom stereocenters. The standard InChI is InChI=1S/C17H32N2O2/c1-16(2,19-8-4-5-9-19)15(18-3)14-6-10-21-17(12-14)7-11-20-13-17/h14-15,18H,4-13H2,1-3H3. The molecule has 1 spiro atoms. The Morgan fingerprint density at radius 3 is 2.62 bits per heavy atom. The molecular formula is C17H32N2O2. The molecule has 0 saturated carbocycles. The molecule has 3 heterocycles. The zero-order valence-corrected chi connectivity index (χ0v) is 14.0. The van der Waals surface area contributed by atoms with Gasteiger partial charge in [0.15, 0.2) is 0 Å². The van der Waals surface area contributed by atoms with E-state index >= 15 is 0 Å². The highest BCUT2D eigenvalue weighted by Gasteiger charge is 2.47. The Hall–Kier alpha value is -0.160. The zero-order chi connectivity index (χ0) is 14.9. The first-order valence-electron chi connectivity index (χ1n) is 8.71. The van der Waals surface area contributed by atoms with E-state index in [-0.39, 0.29) is 11.1 Å². The van der Waals surface area contributed by atoms with Crippen LogP contribution in [0.2, 0.25) is 0 Å². The van der Waals surface area contributed by atoms with Crippen LogP contribution in [0.5, 0.6) is 0 Å². The van der Waals surface area contributed by atoms with Gasteiger partial charge in [0.2, 0.25) is 0 Å². The molecule has 0 aromatic carbocycles. The molecule has 3 rings (SSSR count). The molecular weight excluding hydrogens is 264 g/mol. The highest BCUT2D eigenvalue weighted by Crippen LogP contribution is 2.40. The SMILES string of the molecule is CNC(C1CCOC2(CCOC2)C1)C(C)(C)N1CCCC1. The van der Waals surface area contributed by atoms with Crippen LogP contribution in [-0.4, -0.2) is 62.0 Å². The molecule has 0 aromatic rings. The molecule has 21 heavy (non-hydrogen) atoms. The molecule has 0 bridgehead atoms. The summed E-state index contributed by atoms with van der Waals surface area (Å²) in [6, 6.07) is 0.525. The molecule has 3 aliphatic rings. The summed E-state index contributed by atoms with van der Waals surface area (Å²) in [5.41, 5.74) is 0.229. The molecule has 1 N–H and O–H groups in total. The van der Waals surface area contributed by atoms with Gasteiger partial charge in [-0.2, -0.15) is 0 Å². The number of hydrogen-bond acceptors (Lipinski definition) is 4. The normalized spacial score (nSPS) is 36.4. The number of likely N-dealkylation sites (N-methyl/N-ethyl adjacent to an activating group) is 1. The van der Waals surface area contributed by atoms with Gasteiger partial charge in [-0.25, -0.2) is 0 Å². The first-order chi connectivity index (χ1) is 10.1. The van der Waals surface area contributed by atoms with E-state index in [1.807, 2.05) is 0 Å². The minimum atomic E-state index is 0.0130. The molecule has 3 fully saturated rings. The molecule has 122 valence electrons. The first kappa shape index (κ1) is 15.7. The Balaban J connectivity index is 1.72. The summed E-state index contributed by atoms with van der Waals surface area (Å²) in [6.45, 7) is 9.91. The van der Waals surface area contributed by atoms with Gasteiger partial charge in [0.05, 0.1) is 12.2 Å². The van der Waals surface area contributed by atoms with Crippen molar-refractivity contribution in [3.05, 3.63) is 0 Å². The minimum absolute atomic E-state index is 0.0130. The Morgan fingerprint density at radius 1 is 1.24 bits per heavy atom. The number of nitrogens with one attached hydrogen (secondary N) is 1. The van der Waals surface area contributed by atoms with E-state index in [1.165, 1.54) is 32.4 Å². The molecule has 0 aromatic heterocycles. The quantitative estimate of drug-likeness (QED) is 0.861. The second kappa shape index (κ2) is 6.15. The average Bonchev–Trinajstić information content (AvgIpc) is 3.11. The number of likely N-dealkylation sites (tertiary alicyclic amines) is 1. The summed E-state index contributed by atoms with van der Waals surface area (Å²) < 4.78 is 11.8. The lowest BCUT2D eigenvalue weighted by molar-refractivity contribution is -0.110. The highest BCUT2D eigenvalue weighted by molar-refractivity contribution is 5.02. The Bertz CT molecular complexity index is 347. The maximum atomic E-state index is 6.12. The van der Waals surface area contributed by atoms with Gasteiger partial charge < -0.3 is 14.8 Å². The molecule has 4 heteroatoms. The van der Waals surface area contributed by atoms with E-state index < -0.39 is 0 Å². The van der Waals surface area contributed by atoms with Crippen LogP contribution in [-0.2, 0) is 9.47 Å². The van der Waals surface area contributed by atoms with Crippen molar-refractivity contribution < 1.29 is 9.47 Å². The van der Waals surface area contributed by atoms with E-state index in [1.54, 1.807) is 0 Å². The number of nitrogens with zero attached hydrogens (tertiary/aromatic N) is 1. The van der Waals surface area contributed by atoms with Gasteiger partial charge in [-0.15, -0.1) is 0 Å². The fourth-order valence-electron chi connectivity index (χ4n) is 4.87. The van der Waals surface area contributed by atoms with Crippen LogP contribution in [0.1, 0.15) is 46.0 Å². The predicted molar refractivity (Wildman–Crippen MR) is 84.6 cm³/mol. The van der Waals surface area contributed by atoms with Crippen LogP contribution in [0.25, 0.3) is 0 Å². The number of ether oxygens (including phenoxy) is 2. The van der Waals surface area contributed by atoms with E-state index in [2.05, 4.69) is 31.1 Å². The summed E-state index contributed by atoms with van der Waals surface area (Å²) in [6.07, 6.45) is 6.10. The van der Waals surface area contributed by atoms with Crippen molar-refractivity contribution in [2.45, 2.75) is 63.1 Å². The van der Waals surface area contributed by atoms with Crippen molar-refractivity contribution in [2.75, 3.05) is 40.0 Å². The third-order valence-corrected chi connectivity index (χ3v) is 6.06. The molecule has 3 aliphatic heterocycles. The Morgan fingerprint density at radius 2 is 2.00 bits per heavy atom. The van der Waals surface area contributed by atoms with E-state index in [9.17, 15) is 0 Å². The van der Waals surface area contributed by atoms with Crippen LogP contribution in [0, 0.1) is 5.92 Å². The van der Waals surface area contributed by atoms with Crippen LogP contribution in [0.15, 0.2) is 0 Å². The molecule has 4 nitrogen and oxygen atoms in total. The lowest BCUT2D eigenvalue weighted by Gasteiger charge is -2.49. The number of rotatable bonds is 4. The average molecular weight is 296 g/mol. The maximum Gasteiger partial charge on any atom is 0.0939 e. The maximum absolute atomic E-state index is 6.12. The van der Waals surface area contributed by atoms with Crippen molar-refractivity contribution >= 4 is 0 Å². The van der Waals surface area contributed by atoms with E-state index in [0.717, 1.165) is 32.7 Å². The minimum Gasteiger partial charge on any atom is -0.378 e. The van der Waals surface area contributed by atoms with Crippen LogP contribution >= 0.6 is 0 Å². The van der Waals surface area contributed by atoms with Gasteiger partial charge in [-0.1, -0.05) is 0 Å². The van der Waals surface area contributed by atoms with Gasteiger partial charge in [0, 0.05) is 31.2 Å². The summed E-state index contributed by atoms with van der Waals surface area (Å²) in [5, 5.41) is 3.66. The Kier molecular flexibility index (Phi) is 4.60. The van der Waals surface area contributed by atoms with Crippen LogP contribution in [0.4, 0.5) is 0 Å². The Labute approximate surface area is 129 Å². The molecule has 3 saturated heterocycles. The molecule has 0 radical (unpaired) electrons. The summed E-state index contributed by atoms with van der Waals surface area (Å²) in [7, 11) is 2.13. The zero-order valence-electron chi connectivity index (χ0n) is 14.0. The largest absolute Gasteiger partial charge is 0.378 e. The second-order valence-corrected chi connectivity index (χ2v) is 7.70. The van der Waals surface area contributed by atoms with E-state index in [4.69, 9.17) is 9.47 Å². The van der Waals surface area contributed by atoms with Gasteiger partial charge in [-0.3, -0.25) is 4.90 Å². The lowest BCUT2D eigenvalue weighted by Crippen LogP contribution is -2.61. The topological polar surface area (TPSA) is 33.7 Å². The first-order valence-corrected chi connectivity index (χ1v) is 8.71. The van der Waals surface area contributed by atoms with Crippen LogP contribution < -0.4 is 5.32 Å². The highest BCUT2D eigenvalue weighted by atomic mass is 16.6. The van der Waals surface area contributed by atoms with Gasteiger partial charge in [0.1, 0.15) is 0 Å². The monoisotopic (exact) mass is 296 g/mol. The lowest BCUT2D eigenvalue weighted by atomic mass is 9.74. The van der Waals surface area contributed by atoms with Crippen molar-refractivity contribution in [2.24, 2.45) is 5.92 Å². The van der Waals surface area contributed by atoms with Crippen LogP contribution in [0.3, 0.4) is 0 Å². The van der Waals surface area contributed by atoms with Gasteiger partial charge in [-0.05, 0) is 65.6 Å². The van der Waals surface area contributed by atoms with Crippen molar-refractivity contribution in [3.63, 3.8) is 0 Å². The van der Waals surface area contributed by atoms with E-state index in [0.29, 0.717) is 12.0 Å². The predicted octanol–water partition coefficient (Wildman–Crippen LogP) is 2.03. The number of hydrogen-bond donors (Lipinski definition) is 1. The third-order valence-electron chi connectivity index (χ3n) is 6.06. The summed E-state index contributed by atoms with van der Waals surface area (Å²) in [4.78, 5) is 2.68. The smallest absolute Gasteiger partial charge is 0.0939 e.